The fraction of sp³-hybridized carbons (Fsp3) is 0. The third kappa shape index (κ3) is 7.44. The molecule has 8 N–H and O–H groups in total. The van der Waals surface area contributed by atoms with E-state index in [0.29, 0.717) is 12.1 Å². The van der Waals surface area contributed by atoms with E-state index in [2.05, 4.69) is 21.1 Å². The number of hydrogen-bond donors (Lipinski definition) is 8. The molecule has 0 amide bonds. The normalized spacial score (nSPS) is 13.7. The standard InChI is InChI=1S/C22H16Cl2N4O14P2S2/c23-10-1-3-12(14(7-10)43(31,32)33)25-27-19-16(45(37,38)39)5-9-6-17(46(40,41)42)20(22(30)18(9)21(19)29)28-26-13-4-2-11(24)8-15(13)44(34,35)36/h1-8,25-26H,(H2,31,32,33)(H2,34,35,36)(H,37,38,39)(H,40,41,42)/b27-19-,28-20-. The molecule has 46 heavy (non-hydrogen) atoms. The predicted molar refractivity (Wildman–Crippen MR) is 161 cm³/mol. The van der Waals surface area contributed by atoms with Crippen molar-refractivity contribution in [3.05, 3.63) is 100 Å². The van der Waals surface area contributed by atoms with E-state index in [-0.39, 0.29) is 10.0 Å². The number of benzene rings is 2. The summed E-state index contributed by atoms with van der Waals surface area (Å²) in [5, 5.41) is 1.18. The summed E-state index contributed by atoms with van der Waals surface area (Å²) in [6.07, 6.45) is 0. The Kier molecular flexibility index (Phi) is 9.52. The average Bonchev–Trinajstić information content (AvgIpc) is 2.90. The maximum absolute atomic E-state index is 13.5. The van der Waals surface area contributed by atoms with Crippen LogP contribution < -0.4 is 43.0 Å². The zero-order valence-electron chi connectivity index (χ0n) is 21.9. The zero-order chi connectivity index (χ0) is 34.6. The monoisotopic (exact) mass is 756 g/mol. The molecule has 24 heteroatoms. The predicted octanol–water partition coefficient (Wildman–Crippen LogP) is -0.731. The van der Waals surface area contributed by atoms with Gasteiger partial charge < -0.3 is 19.6 Å². The average molecular weight is 757 g/mol. The molecule has 2 aromatic rings. The maximum atomic E-state index is 13.5. The third-order valence-corrected chi connectivity index (χ3v) is 10.1. The second-order valence-electron chi connectivity index (χ2n) is 9.01. The van der Waals surface area contributed by atoms with Crippen LogP contribution in [0.15, 0.2) is 78.1 Å². The Morgan fingerprint density at radius 2 is 0.978 bits per heavy atom. The Balaban J connectivity index is 2.11. The molecule has 0 spiro atoms. The van der Waals surface area contributed by atoms with Crippen LogP contribution in [-0.2, 0) is 29.4 Å². The molecule has 0 aliphatic heterocycles. The lowest BCUT2D eigenvalue weighted by Crippen LogP contribution is -2.41. The van der Waals surface area contributed by atoms with Crippen molar-refractivity contribution in [1.29, 1.82) is 0 Å². The van der Waals surface area contributed by atoms with Crippen molar-refractivity contribution in [2.24, 2.45) is 10.2 Å². The first kappa shape index (κ1) is 35.5. The lowest BCUT2D eigenvalue weighted by Gasteiger charge is -2.11. The SMILES string of the molecule is O=c1c2c(=O)/c(=N\Nc3ccc(Cl)cc3P(=O)(O)O)c(S(=O)(=O)O)cc=2cc(S(=O)(=O)O)/c1=N/Nc1ccc(Cl)cc1P(=O)(O)O. The van der Waals surface area contributed by atoms with E-state index in [1.807, 2.05) is 0 Å². The summed E-state index contributed by atoms with van der Waals surface area (Å²) in [4.78, 5) is 63.0. The van der Waals surface area contributed by atoms with Gasteiger partial charge in [0.15, 0.2) is 10.7 Å². The van der Waals surface area contributed by atoms with E-state index in [9.17, 15) is 64.2 Å². The molecule has 0 aromatic heterocycles. The van der Waals surface area contributed by atoms with E-state index in [1.54, 1.807) is 0 Å². The van der Waals surface area contributed by atoms with Gasteiger partial charge in [-0.1, -0.05) is 23.2 Å². The van der Waals surface area contributed by atoms with Crippen LogP contribution in [0.5, 0.6) is 0 Å². The summed E-state index contributed by atoms with van der Waals surface area (Å²) in [6.45, 7) is 0. The molecule has 0 unspecified atom stereocenters. The number of rotatable bonds is 8. The number of anilines is 2. The number of nitrogens with one attached hydrogen (secondary N) is 2. The van der Waals surface area contributed by atoms with Crippen molar-refractivity contribution in [2.75, 3.05) is 10.9 Å². The van der Waals surface area contributed by atoms with Crippen molar-refractivity contribution in [3.8, 4) is 0 Å². The van der Waals surface area contributed by atoms with Gasteiger partial charge in [0.05, 0.1) is 27.2 Å². The molecule has 0 atom stereocenters. The summed E-state index contributed by atoms with van der Waals surface area (Å²) < 4.78 is 92.2. The Bertz CT molecular complexity index is 2390. The molecule has 0 heterocycles. The van der Waals surface area contributed by atoms with Gasteiger partial charge in [0.25, 0.3) is 20.2 Å². The van der Waals surface area contributed by atoms with Crippen molar-refractivity contribution in [2.45, 2.75) is 9.79 Å². The smallest absolute Gasteiger partial charge is 0.321 e. The van der Waals surface area contributed by atoms with Crippen LogP contribution in [0, 0.1) is 10.4 Å². The molecule has 0 saturated heterocycles. The van der Waals surface area contributed by atoms with Gasteiger partial charge in [-0.3, -0.25) is 38.7 Å². The molecule has 0 bridgehead atoms. The first-order chi connectivity index (χ1) is 21.0. The Hall–Kier alpha value is -3.36. The lowest BCUT2D eigenvalue weighted by molar-refractivity contribution is 0.385. The van der Waals surface area contributed by atoms with Gasteiger partial charge in [-0.15, -0.1) is 0 Å². The van der Waals surface area contributed by atoms with Crippen LogP contribution >= 0.6 is 38.4 Å². The highest BCUT2D eigenvalue weighted by molar-refractivity contribution is 7.86. The van der Waals surface area contributed by atoms with E-state index in [4.69, 9.17) is 23.2 Å². The summed E-state index contributed by atoms with van der Waals surface area (Å²) in [5.74, 6) is 0. The highest BCUT2D eigenvalue weighted by atomic mass is 35.5. The maximum Gasteiger partial charge on any atom is 0.358 e. The van der Waals surface area contributed by atoms with Crippen molar-refractivity contribution < 1.29 is 54.6 Å². The minimum atomic E-state index is -5.38. The summed E-state index contributed by atoms with van der Waals surface area (Å²) in [6, 6.07) is 6.89. The van der Waals surface area contributed by atoms with Crippen LogP contribution in [0.4, 0.5) is 11.4 Å². The van der Waals surface area contributed by atoms with Gasteiger partial charge >= 0.3 is 15.2 Å². The van der Waals surface area contributed by atoms with E-state index in [0.717, 1.165) is 36.4 Å². The molecular weight excluding hydrogens is 741 g/mol. The summed E-state index contributed by atoms with van der Waals surface area (Å²) >= 11 is 11.6. The van der Waals surface area contributed by atoms with Gasteiger partial charge in [-0.25, -0.2) is 0 Å². The molecular formula is C22H16Cl2N4O14P2S2. The summed E-state index contributed by atoms with van der Waals surface area (Å²) in [7, 11) is -20.8. The van der Waals surface area contributed by atoms with Gasteiger partial charge in [0.2, 0.25) is 10.9 Å². The molecule has 18 nitrogen and oxygen atoms in total. The van der Waals surface area contributed by atoms with Gasteiger partial charge in [0, 0.05) is 10.0 Å². The molecule has 0 saturated carbocycles. The molecule has 244 valence electrons. The first-order valence-corrected chi connectivity index (χ1v) is 18.5. The Morgan fingerprint density at radius 3 is 1.28 bits per heavy atom. The van der Waals surface area contributed by atoms with Crippen LogP contribution in [-0.4, -0.2) is 45.5 Å². The number of nitrogens with zero attached hydrogens (tertiary/aromatic N) is 2. The van der Waals surface area contributed by atoms with E-state index < -0.39 is 99.2 Å². The van der Waals surface area contributed by atoms with Gasteiger partial charge in [-0.05, 0) is 53.7 Å². The topological polar surface area (TPSA) is 307 Å². The zero-order valence-corrected chi connectivity index (χ0v) is 26.9. The Labute approximate surface area is 265 Å². The molecule has 0 radical (unpaired) electrons. The molecule has 4 rings (SSSR count). The molecule has 2 aromatic carbocycles. The second-order valence-corrected chi connectivity index (χ2v) is 15.8. The number of hydrogen-bond acceptors (Lipinski definition) is 12. The van der Waals surface area contributed by atoms with Crippen LogP contribution in [0.25, 0.3) is 0 Å². The van der Waals surface area contributed by atoms with Crippen LogP contribution in [0.3, 0.4) is 0 Å². The Morgan fingerprint density at radius 1 is 0.630 bits per heavy atom. The minimum Gasteiger partial charge on any atom is -0.321 e. The van der Waals surface area contributed by atoms with Crippen molar-refractivity contribution in [1.82, 2.24) is 0 Å². The van der Waals surface area contributed by atoms with Crippen LogP contribution in [0.2, 0.25) is 10.0 Å². The molecule has 2 aliphatic carbocycles. The minimum absolute atomic E-state index is 0.125. The third-order valence-electron chi connectivity index (χ3n) is 5.89. The van der Waals surface area contributed by atoms with Crippen molar-refractivity contribution >= 4 is 80.6 Å². The van der Waals surface area contributed by atoms with Crippen molar-refractivity contribution in [3.63, 3.8) is 0 Å². The fourth-order valence-electron chi connectivity index (χ4n) is 3.95. The molecule has 2 aliphatic rings. The highest BCUT2D eigenvalue weighted by Gasteiger charge is 2.26. The number of halogens is 2. The first-order valence-electron chi connectivity index (χ1n) is 11.6. The highest BCUT2D eigenvalue weighted by Crippen LogP contribution is 2.38. The molecule has 0 fully saturated rings. The van der Waals surface area contributed by atoms with E-state index >= 15 is 0 Å². The largest absolute Gasteiger partial charge is 0.358 e. The van der Waals surface area contributed by atoms with Gasteiger partial charge in [-0.2, -0.15) is 27.0 Å². The van der Waals surface area contributed by atoms with E-state index in [1.165, 1.54) is 0 Å². The lowest BCUT2D eigenvalue weighted by atomic mass is 10.1. The van der Waals surface area contributed by atoms with Gasteiger partial charge in [0.1, 0.15) is 9.79 Å². The summed E-state index contributed by atoms with van der Waals surface area (Å²) in [5.41, 5.74) is 0.0170. The van der Waals surface area contributed by atoms with Crippen LogP contribution in [0.1, 0.15) is 0 Å². The second kappa shape index (κ2) is 12.3. The quantitative estimate of drug-likeness (QED) is 0.0624. The fourth-order valence-corrected chi connectivity index (χ4v) is 7.25.